The predicted octanol–water partition coefficient (Wildman–Crippen LogP) is 1.82. The predicted molar refractivity (Wildman–Crippen MR) is 62.6 cm³/mol. The summed E-state index contributed by atoms with van der Waals surface area (Å²) in [7, 11) is 0. The van der Waals surface area contributed by atoms with Crippen molar-refractivity contribution in [3.05, 3.63) is 58.9 Å². The molecule has 2 rings (SSSR count). The Morgan fingerprint density at radius 3 is 2.82 bits per heavy atom. The molecule has 1 heterocycles. The van der Waals surface area contributed by atoms with Crippen molar-refractivity contribution in [1.29, 1.82) is 0 Å². The quantitative estimate of drug-likeness (QED) is 0.646. The Balaban J connectivity index is 2.46. The molecule has 1 unspecified atom stereocenters. The second-order valence-electron chi connectivity index (χ2n) is 3.40. The van der Waals surface area contributed by atoms with Crippen molar-refractivity contribution < 1.29 is 4.39 Å². The SMILES string of the molecule is NNC(c1cnccn1)c1cc(F)ccc1Cl. The van der Waals surface area contributed by atoms with Gasteiger partial charge in [0.15, 0.2) is 0 Å². The Kier molecular flexibility index (Phi) is 3.63. The number of halogens is 2. The minimum Gasteiger partial charge on any atom is -0.271 e. The molecular formula is C11H10ClFN4. The molecule has 2 aromatic rings. The van der Waals surface area contributed by atoms with Crippen LogP contribution in [0.4, 0.5) is 4.39 Å². The van der Waals surface area contributed by atoms with Gasteiger partial charge in [-0.3, -0.25) is 15.8 Å². The second kappa shape index (κ2) is 5.18. The lowest BCUT2D eigenvalue weighted by molar-refractivity contribution is 0.596. The maximum Gasteiger partial charge on any atom is 0.123 e. The summed E-state index contributed by atoms with van der Waals surface area (Å²) in [5.74, 6) is 5.08. The van der Waals surface area contributed by atoms with Gasteiger partial charge in [0.2, 0.25) is 0 Å². The van der Waals surface area contributed by atoms with Crippen molar-refractivity contribution >= 4 is 11.6 Å². The standard InChI is InChI=1S/C11H10ClFN4/c12-9-2-1-7(13)5-8(9)11(17-14)10-6-15-3-4-16-10/h1-6,11,17H,14H2. The van der Waals surface area contributed by atoms with E-state index in [4.69, 9.17) is 17.4 Å². The van der Waals surface area contributed by atoms with Gasteiger partial charge in [-0.15, -0.1) is 0 Å². The van der Waals surface area contributed by atoms with Crippen LogP contribution in [0, 0.1) is 5.82 Å². The van der Waals surface area contributed by atoms with Crippen molar-refractivity contribution in [1.82, 2.24) is 15.4 Å². The highest BCUT2D eigenvalue weighted by Gasteiger charge is 2.17. The number of rotatable bonds is 3. The fraction of sp³-hybridized carbons (Fsp3) is 0.0909. The summed E-state index contributed by atoms with van der Waals surface area (Å²) in [5, 5.41) is 0.417. The van der Waals surface area contributed by atoms with Gasteiger partial charge in [0.25, 0.3) is 0 Å². The van der Waals surface area contributed by atoms with Crippen LogP contribution in [0.3, 0.4) is 0 Å². The second-order valence-corrected chi connectivity index (χ2v) is 3.80. The first-order valence-corrected chi connectivity index (χ1v) is 5.27. The van der Waals surface area contributed by atoms with E-state index >= 15 is 0 Å². The number of nitrogens with two attached hydrogens (primary N) is 1. The monoisotopic (exact) mass is 252 g/mol. The molecule has 0 spiro atoms. The van der Waals surface area contributed by atoms with Crippen LogP contribution < -0.4 is 11.3 Å². The minimum atomic E-state index is -0.494. The molecule has 17 heavy (non-hydrogen) atoms. The maximum atomic E-state index is 13.2. The van der Waals surface area contributed by atoms with E-state index in [2.05, 4.69) is 15.4 Å². The number of aromatic nitrogens is 2. The average Bonchev–Trinajstić information content (AvgIpc) is 2.36. The van der Waals surface area contributed by atoms with Crippen LogP contribution >= 0.6 is 11.6 Å². The summed E-state index contributed by atoms with van der Waals surface area (Å²) in [6, 6.07) is 3.59. The molecule has 0 radical (unpaired) electrons. The molecule has 0 bridgehead atoms. The smallest absolute Gasteiger partial charge is 0.123 e. The zero-order valence-electron chi connectivity index (χ0n) is 8.77. The summed E-state index contributed by atoms with van der Waals surface area (Å²) >= 11 is 6.01. The number of hydrogen-bond acceptors (Lipinski definition) is 4. The van der Waals surface area contributed by atoms with E-state index in [-0.39, 0.29) is 5.82 Å². The molecule has 0 aliphatic heterocycles. The number of nitrogens with one attached hydrogen (secondary N) is 1. The van der Waals surface area contributed by atoms with E-state index in [0.717, 1.165) is 0 Å². The van der Waals surface area contributed by atoms with Gasteiger partial charge in [-0.05, 0) is 23.8 Å². The molecule has 0 saturated heterocycles. The highest BCUT2D eigenvalue weighted by Crippen LogP contribution is 2.26. The fourth-order valence-electron chi connectivity index (χ4n) is 1.53. The molecule has 6 heteroatoms. The Morgan fingerprint density at radius 2 is 2.18 bits per heavy atom. The third kappa shape index (κ3) is 2.58. The lowest BCUT2D eigenvalue weighted by Crippen LogP contribution is -2.29. The third-order valence-electron chi connectivity index (χ3n) is 2.31. The van der Waals surface area contributed by atoms with Crippen LogP contribution in [0.1, 0.15) is 17.3 Å². The Labute approximate surface area is 103 Å². The van der Waals surface area contributed by atoms with Gasteiger partial charge in [0.05, 0.1) is 17.9 Å². The van der Waals surface area contributed by atoms with E-state index < -0.39 is 6.04 Å². The lowest BCUT2D eigenvalue weighted by Gasteiger charge is -2.16. The summed E-state index contributed by atoms with van der Waals surface area (Å²) < 4.78 is 13.2. The molecule has 0 aliphatic carbocycles. The largest absolute Gasteiger partial charge is 0.271 e. The molecule has 1 aromatic heterocycles. The summed E-state index contributed by atoms with van der Waals surface area (Å²) in [5.41, 5.74) is 3.64. The topological polar surface area (TPSA) is 63.8 Å². The van der Waals surface area contributed by atoms with Crippen molar-refractivity contribution in [3.63, 3.8) is 0 Å². The fourth-order valence-corrected chi connectivity index (χ4v) is 1.76. The first kappa shape index (κ1) is 11.9. The van der Waals surface area contributed by atoms with Gasteiger partial charge < -0.3 is 0 Å². The average molecular weight is 253 g/mol. The first-order valence-electron chi connectivity index (χ1n) is 4.89. The van der Waals surface area contributed by atoms with Crippen LogP contribution in [0.25, 0.3) is 0 Å². The normalized spacial score (nSPS) is 12.4. The van der Waals surface area contributed by atoms with Crippen LogP contribution in [0.2, 0.25) is 5.02 Å². The summed E-state index contributed by atoms with van der Waals surface area (Å²) in [6.45, 7) is 0. The van der Waals surface area contributed by atoms with Crippen molar-refractivity contribution in [2.45, 2.75) is 6.04 Å². The molecular weight excluding hydrogens is 243 g/mol. The van der Waals surface area contributed by atoms with E-state index in [0.29, 0.717) is 16.3 Å². The number of benzene rings is 1. The van der Waals surface area contributed by atoms with Gasteiger partial charge in [-0.1, -0.05) is 11.6 Å². The molecule has 0 saturated carbocycles. The van der Waals surface area contributed by atoms with Crippen molar-refractivity contribution in [3.8, 4) is 0 Å². The molecule has 1 aromatic carbocycles. The number of hydrazine groups is 1. The van der Waals surface area contributed by atoms with Crippen LogP contribution in [0.5, 0.6) is 0 Å². The van der Waals surface area contributed by atoms with Gasteiger partial charge in [0, 0.05) is 17.4 Å². The van der Waals surface area contributed by atoms with Gasteiger partial charge in [0.1, 0.15) is 5.82 Å². The Hall–Kier alpha value is -1.56. The first-order chi connectivity index (χ1) is 8.22. The minimum absolute atomic E-state index is 0.381. The molecule has 0 aliphatic rings. The molecule has 0 fully saturated rings. The van der Waals surface area contributed by atoms with Gasteiger partial charge in [-0.25, -0.2) is 9.82 Å². The lowest BCUT2D eigenvalue weighted by atomic mass is 10.0. The zero-order chi connectivity index (χ0) is 12.3. The molecule has 4 nitrogen and oxygen atoms in total. The summed E-state index contributed by atoms with van der Waals surface area (Å²) in [4.78, 5) is 8.05. The molecule has 3 N–H and O–H groups in total. The van der Waals surface area contributed by atoms with Crippen molar-refractivity contribution in [2.75, 3.05) is 0 Å². The zero-order valence-corrected chi connectivity index (χ0v) is 9.53. The van der Waals surface area contributed by atoms with Gasteiger partial charge >= 0.3 is 0 Å². The van der Waals surface area contributed by atoms with Crippen LogP contribution in [-0.4, -0.2) is 9.97 Å². The van der Waals surface area contributed by atoms with Gasteiger partial charge in [-0.2, -0.15) is 0 Å². The van der Waals surface area contributed by atoms with Crippen molar-refractivity contribution in [2.24, 2.45) is 5.84 Å². The highest BCUT2D eigenvalue weighted by molar-refractivity contribution is 6.31. The molecule has 1 atom stereocenters. The van der Waals surface area contributed by atoms with E-state index in [1.54, 1.807) is 12.4 Å². The van der Waals surface area contributed by atoms with E-state index in [1.165, 1.54) is 24.4 Å². The molecule has 88 valence electrons. The van der Waals surface area contributed by atoms with Crippen LogP contribution in [0.15, 0.2) is 36.8 Å². The molecule has 0 amide bonds. The Morgan fingerprint density at radius 1 is 1.35 bits per heavy atom. The third-order valence-corrected chi connectivity index (χ3v) is 2.66. The number of hydrogen-bond donors (Lipinski definition) is 2. The summed E-state index contributed by atoms with van der Waals surface area (Å²) in [6.07, 6.45) is 4.63. The highest BCUT2D eigenvalue weighted by atomic mass is 35.5. The number of nitrogens with zero attached hydrogens (tertiary/aromatic N) is 2. The van der Waals surface area contributed by atoms with E-state index in [1.807, 2.05) is 0 Å². The Bertz CT molecular complexity index is 506. The van der Waals surface area contributed by atoms with E-state index in [9.17, 15) is 4.39 Å². The van der Waals surface area contributed by atoms with Crippen LogP contribution in [-0.2, 0) is 0 Å². The maximum absolute atomic E-state index is 13.2.